The van der Waals surface area contributed by atoms with Gasteiger partial charge in [0.25, 0.3) is 0 Å². The standard InChI is InChI=1S/C13H21NS/c1-9(2)14-11-6-5-7-13(3,4)10(11)8-12(14)15/h9H,5-8H2,1-4H3. The van der Waals surface area contributed by atoms with E-state index in [9.17, 15) is 0 Å². The largest absolute Gasteiger partial charge is 0.337 e. The topological polar surface area (TPSA) is 3.24 Å². The summed E-state index contributed by atoms with van der Waals surface area (Å²) in [5.41, 5.74) is 3.54. The van der Waals surface area contributed by atoms with Crippen molar-refractivity contribution in [1.82, 2.24) is 4.90 Å². The highest BCUT2D eigenvalue weighted by molar-refractivity contribution is 7.80. The van der Waals surface area contributed by atoms with Crippen molar-refractivity contribution in [3.8, 4) is 0 Å². The summed E-state index contributed by atoms with van der Waals surface area (Å²) in [6.07, 6.45) is 4.91. The molecule has 0 N–H and O–H groups in total. The summed E-state index contributed by atoms with van der Waals surface area (Å²) in [4.78, 5) is 3.54. The Labute approximate surface area is 98.5 Å². The van der Waals surface area contributed by atoms with Crippen molar-refractivity contribution in [2.24, 2.45) is 5.41 Å². The van der Waals surface area contributed by atoms with E-state index in [0.717, 1.165) is 11.4 Å². The molecule has 1 aliphatic heterocycles. The second-order valence-electron chi connectivity index (χ2n) is 5.70. The minimum absolute atomic E-state index is 0.376. The van der Waals surface area contributed by atoms with Crippen LogP contribution < -0.4 is 0 Å². The van der Waals surface area contributed by atoms with Crippen LogP contribution in [0, 0.1) is 5.41 Å². The molecule has 1 aliphatic carbocycles. The lowest BCUT2D eigenvalue weighted by Gasteiger charge is -2.34. The Bertz CT molecular complexity index is 325. The zero-order chi connectivity index (χ0) is 11.2. The van der Waals surface area contributed by atoms with Gasteiger partial charge in [-0.3, -0.25) is 0 Å². The Morgan fingerprint density at radius 3 is 2.60 bits per heavy atom. The molecule has 15 heavy (non-hydrogen) atoms. The van der Waals surface area contributed by atoms with Gasteiger partial charge in [0.1, 0.15) is 0 Å². The predicted molar refractivity (Wildman–Crippen MR) is 68.8 cm³/mol. The van der Waals surface area contributed by atoms with Gasteiger partial charge >= 0.3 is 0 Å². The smallest absolute Gasteiger partial charge is 0.0865 e. The van der Waals surface area contributed by atoms with Gasteiger partial charge < -0.3 is 4.90 Å². The van der Waals surface area contributed by atoms with Gasteiger partial charge in [-0.15, -0.1) is 0 Å². The molecule has 0 amide bonds. The molecule has 0 spiro atoms. The monoisotopic (exact) mass is 223 g/mol. The summed E-state index contributed by atoms with van der Waals surface area (Å²) in [5, 5.41) is 0. The fraction of sp³-hybridized carbons (Fsp3) is 0.769. The fourth-order valence-corrected chi connectivity index (χ4v) is 3.45. The van der Waals surface area contributed by atoms with E-state index in [1.807, 2.05) is 0 Å². The first-order chi connectivity index (χ1) is 6.93. The average molecular weight is 223 g/mol. The molecule has 0 aromatic carbocycles. The molecule has 1 heterocycles. The molecule has 2 aliphatic rings. The minimum atomic E-state index is 0.376. The highest BCUT2D eigenvalue weighted by Gasteiger charge is 2.38. The molecule has 84 valence electrons. The van der Waals surface area contributed by atoms with Crippen LogP contribution in [0.4, 0.5) is 0 Å². The van der Waals surface area contributed by atoms with E-state index >= 15 is 0 Å². The molecule has 2 rings (SSSR count). The predicted octanol–water partition coefficient (Wildman–Crippen LogP) is 3.89. The molecule has 0 aromatic rings. The summed E-state index contributed by atoms with van der Waals surface area (Å²) < 4.78 is 0. The van der Waals surface area contributed by atoms with E-state index in [1.54, 1.807) is 11.3 Å². The first-order valence-electron chi connectivity index (χ1n) is 5.98. The molecule has 0 bridgehead atoms. The third-order valence-corrected chi connectivity index (χ3v) is 4.13. The number of hydrogen-bond acceptors (Lipinski definition) is 1. The van der Waals surface area contributed by atoms with Gasteiger partial charge in [0, 0.05) is 18.2 Å². The van der Waals surface area contributed by atoms with Crippen LogP contribution in [0.2, 0.25) is 0 Å². The van der Waals surface area contributed by atoms with E-state index in [0.29, 0.717) is 11.5 Å². The van der Waals surface area contributed by atoms with Gasteiger partial charge in [-0.1, -0.05) is 26.1 Å². The van der Waals surface area contributed by atoms with Crippen molar-refractivity contribution in [3.05, 3.63) is 11.3 Å². The third-order valence-electron chi connectivity index (χ3n) is 3.78. The molecule has 0 fully saturated rings. The molecular weight excluding hydrogens is 202 g/mol. The van der Waals surface area contributed by atoms with Crippen LogP contribution in [0.5, 0.6) is 0 Å². The van der Waals surface area contributed by atoms with Gasteiger partial charge in [0.05, 0.1) is 4.99 Å². The lowest BCUT2D eigenvalue weighted by molar-refractivity contribution is 0.332. The normalized spacial score (nSPS) is 25.1. The van der Waals surface area contributed by atoms with Crippen molar-refractivity contribution in [2.75, 3.05) is 0 Å². The maximum absolute atomic E-state index is 5.52. The number of thiocarbonyl (C=S) groups is 1. The Balaban J connectivity index is 2.39. The van der Waals surface area contributed by atoms with E-state index in [4.69, 9.17) is 12.2 Å². The van der Waals surface area contributed by atoms with Crippen LogP contribution in [-0.2, 0) is 0 Å². The van der Waals surface area contributed by atoms with Crippen LogP contribution in [0.1, 0.15) is 53.4 Å². The van der Waals surface area contributed by atoms with Crippen molar-refractivity contribution in [2.45, 2.75) is 59.4 Å². The van der Waals surface area contributed by atoms with Crippen molar-refractivity contribution in [1.29, 1.82) is 0 Å². The quantitative estimate of drug-likeness (QED) is 0.620. The fourth-order valence-electron chi connectivity index (χ4n) is 2.98. The van der Waals surface area contributed by atoms with Crippen LogP contribution in [0.25, 0.3) is 0 Å². The molecule has 0 radical (unpaired) electrons. The summed E-state index contributed by atoms with van der Waals surface area (Å²) in [6.45, 7) is 9.22. The summed E-state index contributed by atoms with van der Waals surface area (Å²) in [6, 6.07) is 0.527. The second-order valence-corrected chi connectivity index (χ2v) is 6.17. The summed E-state index contributed by atoms with van der Waals surface area (Å²) in [5.74, 6) is 0. The van der Waals surface area contributed by atoms with Crippen molar-refractivity contribution >= 4 is 17.2 Å². The number of rotatable bonds is 1. The maximum Gasteiger partial charge on any atom is 0.0865 e. The first kappa shape index (κ1) is 11.1. The van der Waals surface area contributed by atoms with E-state index in [2.05, 4.69) is 32.6 Å². The van der Waals surface area contributed by atoms with Gasteiger partial charge in [-0.05, 0) is 44.1 Å². The average Bonchev–Trinajstić information content (AvgIpc) is 2.42. The van der Waals surface area contributed by atoms with Crippen LogP contribution in [0.3, 0.4) is 0 Å². The lowest BCUT2D eigenvalue weighted by Crippen LogP contribution is -2.31. The Morgan fingerprint density at radius 2 is 2.00 bits per heavy atom. The zero-order valence-electron chi connectivity index (χ0n) is 10.3. The van der Waals surface area contributed by atoms with Crippen molar-refractivity contribution in [3.63, 3.8) is 0 Å². The first-order valence-corrected chi connectivity index (χ1v) is 6.39. The van der Waals surface area contributed by atoms with Gasteiger partial charge in [0.2, 0.25) is 0 Å². The maximum atomic E-state index is 5.52. The second kappa shape index (κ2) is 3.58. The highest BCUT2D eigenvalue weighted by atomic mass is 32.1. The molecule has 0 saturated heterocycles. The van der Waals surface area contributed by atoms with E-state index in [1.165, 1.54) is 19.3 Å². The number of nitrogens with zero attached hydrogens (tertiary/aromatic N) is 1. The molecule has 0 unspecified atom stereocenters. The Kier molecular flexibility index (Phi) is 2.66. The Hall–Kier alpha value is -0.370. The van der Waals surface area contributed by atoms with Crippen molar-refractivity contribution < 1.29 is 0 Å². The lowest BCUT2D eigenvalue weighted by atomic mass is 9.74. The van der Waals surface area contributed by atoms with Crippen LogP contribution in [-0.4, -0.2) is 15.9 Å². The third kappa shape index (κ3) is 1.73. The van der Waals surface area contributed by atoms with Gasteiger partial charge in [-0.2, -0.15) is 0 Å². The molecule has 1 nitrogen and oxygen atoms in total. The Morgan fingerprint density at radius 1 is 1.33 bits per heavy atom. The van der Waals surface area contributed by atoms with Gasteiger partial charge in [0.15, 0.2) is 0 Å². The number of allylic oxidation sites excluding steroid dienone is 1. The zero-order valence-corrected chi connectivity index (χ0v) is 11.1. The van der Waals surface area contributed by atoms with Crippen LogP contribution in [0.15, 0.2) is 11.3 Å². The van der Waals surface area contributed by atoms with Crippen LogP contribution >= 0.6 is 12.2 Å². The van der Waals surface area contributed by atoms with E-state index in [-0.39, 0.29) is 0 Å². The molecule has 0 saturated carbocycles. The van der Waals surface area contributed by atoms with E-state index < -0.39 is 0 Å². The molecule has 0 aromatic heterocycles. The van der Waals surface area contributed by atoms with Gasteiger partial charge in [-0.25, -0.2) is 0 Å². The number of hydrogen-bond donors (Lipinski definition) is 0. The molecule has 2 heteroatoms. The molecular formula is C13H21NS. The summed E-state index contributed by atoms with van der Waals surface area (Å²) >= 11 is 5.52. The summed E-state index contributed by atoms with van der Waals surface area (Å²) in [7, 11) is 0. The minimum Gasteiger partial charge on any atom is -0.337 e. The SMILES string of the molecule is CC(C)N1C(=S)CC2=C1CCCC2(C)C. The molecule has 0 atom stereocenters. The highest BCUT2D eigenvalue weighted by Crippen LogP contribution is 2.47.